The van der Waals surface area contributed by atoms with Crippen molar-refractivity contribution in [3.8, 4) is 0 Å². The van der Waals surface area contributed by atoms with Crippen LogP contribution in [0, 0.1) is 0 Å². The zero-order valence-electron chi connectivity index (χ0n) is 7.05. The number of hydrogen-bond acceptors (Lipinski definition) is 4. The van der Waals surface area contributed by atoms with Gasteiger partial charge in [0.1, 0.15) is 5.76 Å². The van der Waals surface area contributed by atoms with E-state index in [0.29, 0.717) is 0 Å². The minimum Gasteiger partial charge on any atom is -0.429 e. The normalized spacial score (nSPS) is 10.5. The lowest BCUT2D eigenvalue weighted by molar-refractivity contribution is 0.491. The van der Waals surface area contributed by atoms with Crippen LogP contribution < -0.4 is 5.73 Å². The van der Waals surface area contributed by atoms with Crippen LogP contribution in [0.25, 0.3) is 0 Å². The summed E-state index contributed by atoms with van der Waals surface area (Å²) in [6, 6.07) is 2.10. The number of anilines is 1. The van der Waals surface area contributed by atoms with Crippen molar-refractivity contribution in [2.75, 3.05) is 5.73 Å². The number of aryl methyl sites for hydroxylation is 2. The third-order valence-electron chi connectivity index (χ3n) is 1.72. The highest BCUT2D eigenvalue weighted by molar-refractivity contribution is 5.10. The molecule has 0 aliphatic carbocycles. The Balaban J connectivity index is 1.93. The molecule has 2 heterocycles. The predicted octanol–water partition coefficient (Wildman–Crippen LogP) is 0.696. The van der Waals surface area contributed by atoms with Gasteiger partial charge < -0.3 is 10.2 Å². The Morgan fingerprint density at radius 3 is 3.08 bits per heavy atom. The molecule has 2 N–H and O–H groups in total. The first kappa shape index (κ1) is 7.85. The molecule has 0 amide bonds. The molecule has 0 spiro atoms. The molecule has 2 aromatic rings. The van der Waals surface area contributed by atoms with Gasteiger partial charge in [-0.15, -0.1) is 0 Å². The summed E-state index contributed by atoms with van der Waals surface area (Å²) in [5.74, 6) is 0.785. The first-order valence-electron chi connectivity index (χ1n) is 4.02. The fourth-order valence-corrected chi connectivity index (χ4v) is 1.10. The average molecular weight is 178 g/mol. The molecule has 0 bridgehead atoms. The molecule has 2 aromatic heterocycles. The van der Waals surface area contributed by atoms with Crippen molar-refractivity contribution in [3.05, 3.63) is 30.4 Å². The Hall–Kier alpha value is -1.78. The third-order valence-corrected chi connectivity index (χ3v) is 1.72. The largest absolute Gasteiger partial charge is 0.429 e. The van der Waals surface area contributed by atoms with Gasteiger partial charge in [-0.25, -0.2) is 4.98 Å². The fraction of sp³-hybridized carbons (Fsp3) is 0.250. The number of oxazole rings is 1. The highest BCUT2D eigenvalue weighted by Crippen LogP contribution is 2.05. The second-order valence-corrected chi connectivity index (χ2v) is 2.68. The SMILES string of the molecule is Nc1ncc(CCn2cccn2)o1. The quantitative estimate of drug-likeness (QED) is 0.750. The number of hydrogen-bond donors (Lipinski definition) is 1. The number of aromatic nitrogens is 3. The van der Waals surface area contributed by atoms with E-state index in [1.807, 2.05) is 16.9 Å². The summed E-state index contributed by atoms with van der Waals surface area (Å²) in [7, 11) is 0. The smallest absolute Gasteiger partial charge is 0.292 e. The van der Waals surface area contributed by atoms with E-state index in [0.717, 1.165) is 18.7 Å². The molecule has 0 radical (unpaired) electrons. The minimum atomic E-state index is 0.218. The minimum absolute atomic E-state index is 0.218. The molecule has 0 aliphatic heterocycles. The van der Waals surface area contributed by atoms with Crippen molar-refractivity contribution in [3.63, 3.8) is 0 Å². The van der Waals surface area contributed by atoms with Crippen molar-refractivity contribution in [2.24, 2.45) is 0 Å². The monoisotopic (exact) mass is 178 g/mol. The molecule has 5 heteroatoms. The molecule has 0 saturated heterocycles. The van der Waals surface area contributed by atoms with Gasteiger partial charge in [0.05, 0.1) is 6.20 Å². The van der Waals surface area contributed by atoms with E-state index in [-0.39, 0.29) is 6.01 Å². The van der Waals surface area contributed by atoms with Crippen LogP contribution in [-0.2, 0) is 13.0 Å². The van der Waals surface area contributed by atoms with Gasteiger partial charge in [0.2, 0.25) is 0 Å². The first-order chi connectivity index (χ1) is 6.34. The van der Waals surface area contributed by atoms with Gasteiger partial charge >= 0.3 is 0 Å². The van der Waals surface area contributed by atoms with Crippen LogP contribution in [-0.4, -0.2) is 14.8 Å². The number of nitrogen functional groups attached to an aromatic ring is 1. The Bertz CT molecular complexity index is 365. The molecule has 0 atom stereocenters. The molecule has 0 aliphatic rings. The van der Waals surface area contributed by atoms with Gasteiger partial charge in [0.15, 0.2) is 0 Å². The standard InChI is InChI=1S/C8H10N4O/c9-8-10-6-7(13-8)2-5-12-4-1-3-11-12/h1,3-4,6H,2,5H2,(H2,9,10). The van der Waals surface area contributed by atoms with Gasteiger partial charge in [-0.3, -0.25) is 4.68 Å². The second kappa shape index (κ2) is 3.30. The van der Waals surface area contributed by atoms with E-state index in [2.05, 4.69) is 10.1 Å². The van der Waals surface area contributed by atoms with E-state index in [1.165, 1.54) is 0 Å². The maximum absolute atomic E-state index is 5.33. The highest BCUT2D eigenvalue weighted by Gasteiger charge is 2.00. The summed E-state index contributed by atoms with van der Waals surface area (Å²) < 4.78 is 6.94. The van der Waals surface area contributed by atoms with E-state index >= 15 is 0 Å². The van der Waals surface area contributed by atoms with E-state index in [1.54, 1.807) is 12.4 Å². The maximum atomic E-state index is 5.33. The summed E-state index contributed by atoms with van der Waals surface area (Å²) in [5.41, 5.74) is 5.33. The summed E-state index contributed by atoms with van der Waals surface area (Å²) in [4.78, 5) is 3.80. The van der Waals surface area contributed by atoms with Crippen LogP contribution in [0.3, 0.4) is 0 Å². The fourth-order valence-electron chi connectivity index (χ4n) is 1.10. The lowest BCUT2D eigenvalue weighted by atomic mass is 10.3. The number of nitrogens with two attached hydrogens (primary N) is 1. The van der Waals surface area contributed by atoms with E-state index in [4.69, 9.17) is 10.2 Å². The van der Waals surface area contributed by atoms with Crippen molar-refractivity contribution in [2.45, 2.75) is 13.0 Å². The molecule has 0 saturated carbocycles. The first-order valence-corrected chi connectivity index (χ1v) is 4.02. The van der Waals surface area contributed by atoms with Crippen LogP contribution in [0.1, 0.15) is 5.76 Å². The molecule has 68 valence electrons. The molecular weight excluding hydrogens is 168 g/mol. The molecular formula is C8H10N4O. The number of rotatable bonds is 3. The maximum Gasteiger partial charge on any atom is 0.292 e. The predicted molar refractivity (Wildman–Crippen MR) is 46.8 cm³/mol. The van der Waals surface area contributed by atoms with Crippen molar-refractivity contribution < 1.29 is 4.42 Å². The van der Waals surface area contributed by atoms with Crippen LogP contribution in [0.5, 0.6) is 0 Å². The zero-order valence-corrected chi connectivity index (χ0v) is 7.05. The molecule has 2 rings (SSSR count). The Morgan fingerprint density at radius 1 is 1.54 bits per heavy atom. The summed E-state index contributed by atoms with van der Waals surface area (Å²) in [6.45, 7) is 0.779. The molecule has 13 heavy (non-hydrogen) atoms. The number of nitrogens with zero attached hydrogens (tertiary/aromatic N) is 3. The summed E-state index contributed by atoms with van der Waals surface area (Å²) in [5, 5.41) is 4.06. The molecule has 5 nitrogen and oxygen atoms in total. The average Bonchev–Trinajstić information content (AvgIpc) is 2.71. The van der Waals surface area contributed by atoms with Crippen LogP contribution >= 0.6 is 0 Å². The topological polar surface area (TPSA) is 69.9 Å². The van der Waals surface area contributed by atoms with E-state index < -0.39 is 0 Å². The van der Waals surface area contributed by atoms with Gasteiger partial charge in [-0.2, -0.15) is 5.10 Å². The molecule has 0 aromatic carbocycles. The van der Waals surface area contributed by atoms with Crippen molar-refractivity contribution in [1.29, 1.82) is 0 Å². The zero-order chi connectivity index (χ0) is 9.10. The summed E-state index contributed by atoms with van der Waals surface area (Å²) >= 11 is 0. The van der Waals surface area contributed by atoms with Gasteiger partial charge in [-0.1, -0.05) is 0 Å². The van der Waals surface area contributed by atoms with Crippen molar-refractivity contribution in [1.82, 2.24) is 14.8 Å². The Labute approximate surface area is 75.2 Å². The Kier molecular flexibility index (Phi) is 1.99. The summed E-state index contributed by atoms with van der Waals surface area (Å²) in [6.07, 6.45) is 6.04. The van der Waals surface area contributed by atoms with Gasteiger partial charge in [-0.05, 0) is 6.07 Å². The van der Waals surface area contributed by atoms with Crippen molar-refractivity contribution >= 4 is 6.01 Å². The Morgan fingerprint density at radius 2 is 2.46 bits per heavy atom. The van der Waals surface area contributed by atoms with Gasteiger partial charge in [0, 0.05) is 25.4 Å². The van der Waals surface area contributed by atoms with Gasteiger partial charge in [0.25, 0.3) is 6.01 Å². The van der Waals surface area contributed by atoms with Crippen LogP contribution in [0.2, 0.25) is 0 Å². The van der Waals surface area contributed by atoms with E-state index in [9.17, 15) is 0 Å². The lowest BCUT2D eigenvalue weighted by Crippen LogP contribution is -2.00. The molecule has 0 unspecified atom stereocenters. The lowest BCUT2D eigenvalue weighted by Gasteiger charge is -1.96. The van der Waals surface area contributed by atoms with Crippen LogP contribution in [0.15, 0.2) is 29.1 Å². The van der Waals surface area contributed by atoms with Crippen LogP contribution in [0.4, 0.5) is 6.01 Å². The second-order valence-electron chi connectivity index (χ2n) is 2.68. The third kappa shape index (κ3) is 1.87. The highest BCUT2D eigenvalue weighted by atomic mass is 16.4. The molecule has 0 fully saturated rings.